The number of nitrogens with one attached hydrogen (secondary N) is 1. The van der Waals surface area contributed by atoms with E-state index in [1.165, 1.54) is 12.3 Å². The van der Waals surface area contributed by atoms with Crippen molar-refractivity contribution in [3.05, 3.63) is 72.3 Å². The van der Waals surface area contributed by atoms with Crippen LogP contribution in [0.5, 0.6) is 0 Å². The number of likely N-dealkylation sites (N-methyl/N-ethyl adjacent to an activating group) is 1. The summed E-state index contributed by atoms with van der Waals surface area (Å²) >= 11 is 0. The number of para-hydroxylation sites is 1. The van der Waals surface area contributed by atoms with Gasteiger partial charge in [-0.2, -0.15) is 0 Å². The molecule has 0 aliphatic carbocycles. The normalized spacial score (nSPS) is 10.7. The fourth-order valence-electron chi connectivity index (χ4n) is 2.72. The summed E-state index contributed by atoms with van der Waals surface area (Å²) in [4.78, 5) is 18.1. The Hall–Kier alpha value is -3.22. The molecule has 0 atom stereocenters. The van der Waals surface area contributed by atoms with Crippen molar-refractivity contribution in [1.29, 1.82) is 0 Å². The molecule has 1 amide bonds. The number of nitrogens with zero attached hydrogens (tertiary/aromatic N) is 2. The largest absolute Gasteiger partial charge is 0.441 e. The highest BCUT2D eigenvalue weighted by atomic mass is 19.1. The Morgan fingerprint density at radius 2 is 1.96 bits per heavy atom. The molecule has 0 fully saturated rings. The zero-order valence-corrected chi connectivity index (χ0v) is 15.5. The first-order valence-electron chi connectivity index (χ1n) is 8.96. The van der Waals surface area contributed by atoms with E-state index in [4.69, 9.17) is 4.42 Å². The predicted octanol–water partition coefficient (Wildman–Crippen LogP) is 3.81. The Kier molecular flexibility index (Phi) is 6.37. The number of amides is 1. The first kappa shape index (κ1) is 19.5. The summed E-state index contributed by atoms with van der Waals surface area (Å²) in [7, 11) is 1.96. The van der Waals surface area contributed by atoms with Gasteiger partial charge in [-0.3, -0.25) is 4.79 Å². The van der Waals surface area contributed by atoms with Crippen molar-refractivity contribution in [3.63, 3.8) is 0 Å². The highest BCUT2D eigenvalue weighted by molar-refractivity contribution is 5.76. The molecule has 0 spiro atoms. The second-order valence-corrected chi connectivity index (χ2v) is 6.35. The number of benzene rings is 2. The Labute approximate surface area is 162 Å². The lowest BCUT2D eigenvalue weighted by molar-refractivity contribution is -0.121. The van der Waals surface area contributed by atoms with Crippen molar-refractivity contribution < 1.29 is 18.0 Å². The summed E-state index contributed by atoms with van der Waals surface area (Å²) in [5, 5.41) is 2.86. The molecule has 1 aromatic heterocycles. The maximum absolute atomic E-state index is 13.8. The second kappa shape index (κ2) is 9.12. The summed E-state index contributed by atoms with van der Waals surface area (Å²) in [6.45, 7) is 1.20. The van der Waals surface area contributed by atoms with Crippen LogP contribution < -0.4 is 10.2 Å². The fraction of sp³-hybridized carbons (Fsp3) is 0.238. The quantitative estimate of drug-likeness (QED) is 0.641. The van der Waals surface area contributed by atoms with Crippen molar-refractivity contribution in [3.8, 4) is 11.3 Å². The summed E-state index contributed by atoms with van der Waals surface area (Å²) in [5.74, 6) is -0.958. The SMILES string of the molecule is CN(CCNC(=O)CCc1ncc(-c2ccc(F)cc2F)o1)c1ccccc1. The van der Waals surface area contributed by atoms with Crippen LogP contribution in [0, 0.1) is 11.6 Å². The molecule has 0 aliphatic rings. The third kappa shape index (κ3) is 5.16. The molecule has 1 heterocycles. The maximum Gasteiger partial charge on any atom is 0.220 e. The van der Waals surface area contributed by atoms with Gasteiger partial charge in [-0.05, 0) is 24.3 Å². The van der Waals surface area contributed by atoms with E-state index in [1.54, 1.807) is 0 Å². The molecule has 1 N–H and O–H groups in total. The van der Waals surface area contributed by atoms with Crippen LogP contribution in [0.15, 0.2) is 59.1 Å². The van der Waals surface area contributed by atoms with E-state index in [1.807, 2.05) is 37.4 Å². The van der Waals surface area contributed by atoms with E-state index in [-0.39, 0.29) is 23.7 Å². The molecule has 0 radical (unpaired) electrons. The van der Waals surface area contributed by atoms with Crippen molar-refractivity contribution in [2.45, 2.75) is 12.8 Å². The van der Waals surface area contributed by atoms with E-state index < -0.39 is 11.6 Å². The van der Waals surface area contributed by atoms with E-state index in [0.717, 1.165) is 17.8 Å². The van der Waals surface area contributed by atoms with Gasteiger partial charge in [0.1, 0.15) is 11.6 Å². The molecular weight excluding hydrogens is 364 g/mol. The van der Waals surface area contributed by atoms with Crippen molar-refractivity contribution in [2.75, 3.05) is 25.0 Å². The number of carbonyl (C=O) groups excluding carboxylic acids is 1. The van der Waals surface area contributed by atoms with Crippen LogP contribution in [-0.4, -0.2) is 31.0 Å². The van der Waals surface area contributed by atoms with Gasteiger partial charge in [0.15, 0.2) is 11.7 Å². The van der Waals surface area contributed by atoms with Crippen LogP contribution in [0.25, 0.3) is 11.3 Å². The van der Waals surface area contributed by atoms with Crippen molar-refractivity contribution in [2.24, 2.45) is 0 Å². The molecule has 0 unspecified atom stereocenters. The molecule has 5 nitrogen and oxygen atoms in total. The van der Waals surface area contributed by atoms with Crippen molar-refractivity contribution >= 4 is 11.6 Å². The molecule has 3 aromatic rings. The molecule has 28 heavy (non-hydrogen) atoms. The minimum Gasteiger partial charge on any atom is -0.441 e. The zero-order chi connectivity index (χ0) is 19.9. The van der Waals surface area contributed by atoms with E-state index in [9.17, 15) is 13.6 Å². The van der Waals surface area contributed by atoms with Crippen LogP contribution in [0.3, 0.4) is 0 Å². The molecule has 7 heteroatoms. The van der Waals surface area contributed by atoms with Gasteiger partial charge in [0.25, 0.3) is 0 Å². The zero-order valence-electron chi connectivity index (χ0n) is 15.5. The highest BCUT2D eigenvalue weighted by Gasteiger charge is 2.13. The molecular formula is C21H21F2N3O2. The maximum atomic E-state index is 13.8. The van der Waals surface area contributed by atoms with Crippen LogP contribution in [0.2, 0.25) is 0 Å². The van der Waals surface area contributed by atoms with Gasteiger partial charge in [0.2, 0.25) is 5.91 Å². The molecule has 0 bridgehead atoms. The molecule has 146 valence electrons. The molecule has 0 saturated carbocycles. The van der Waals surface area contributed by atoms with Gasteiger partial charge in [-0.25, -0.2) is 13.8 Å². The number of aryl methyl sites for hydroxylation is 1. The lowest BCUT2D eigenvalue weighted by Crippen LogP contribution is -2.33. The highest BCUT2D eigenvalue weighted by Crippen LogP contribution is 2.24. The molecule has 0 saturated heterocycles. The number of hydrogen-bond donors (Lipinski definition) is 1. The number of hydrogen-bond acceptors (Lipinski definition) is 4. The average molecular weight is 385 g/mol. The average Bonchev–Trinajstić information content (AvgIpc) is 3.15. The van der Waals surface area contributed by atoms with Gasteiger partial charge in [0.05, 0.1) is 11.8 Å². The first-order chi connectivity index (χ1) is 13.5. The topological polar surface area (TPSA) is 58.4 Å². The lowest BCUT2D eigenvalue weighted by Gasteiger charge is -2.19. The Morgan fingerprint density at radius 1 is 1.18 bits per heavy atom. The Balaban J connectivity index is 1.44. The second-order valence-electron chi connectivity index (χ2n) is 6.35. The van der Waals surface area contributed by atoms with Gasteiger partial charge < -0.3 is 14.6 Å². The number of anilines is 1. The summed E-state index contributed by atoms with van der Waals surface area (Å²) in [6, 6.07) is 13.1. The minimum atomic E-state index is -0.719. The Morgan fingerprint density at radius 3 is 2.71 bits per heavy atom. The summed E-state index contributed by atoms with van der Waals surface area (Å²) in [5.41, 5.74) is 1.21. The van der Waals surface area contributed by atoms with Crippen molar-refractivity contribution in [1.82, 2.24) is 10.3 Å². The molecule has 2 aromatic carbocycles. The van der Waals surface area contributed by atoms with E-state index >= 15 is 0 Å². The number of oxazole rings is 1. The van der Waals surface area contributed by atoms with Gasteiger partial charge >= 0.3 is 0 Å². The number of halogens is 2. The fourth-order valence-corrected chi connectivity index (χ4v) is 2.72. The minimum absolute atomic E-state index is 0.117. The lowest BCUT2D eigenvalue weighted by atomic mass is 10.2. The smallest absolute Gasteiger partial charge is 0.220 e. The van der Waals surface area contributed by atoms with E-state index in [0.29, 0.717) is 25.4 Å². The molecule has 0 aliphatic heterocycles. The monoisotopic (exact) mass is 385 g/mol. The van der Waals surface area contributed by atoms with E-state index in [2.05, 4.69) is 15.2 Å². The van der Waals surface area contributed by atoms with Gasteiger partial charge in [-0.15, -0.1) is 0 Å². The van der Waals surface area contributed by atoms with Crippen LogP contribution >= 0.6 is 0 Å². The summed E-state index contributed by atoms with van der Waals surface area (Å²) < 4.78 is 32.3. The summed E-state index contributed by atoms with van der Waals surface area (Å²) in [6.07, 6.45) is 1.88. The predicted molar refractivity (Wildman–Crippen MR) is 103 cm³/mol. The number of rotatable bonds is 8. The number of aromatic nitrogens is 1. The molecule has 3 rings (SSSR count). The third-order valence-corrected chi connectivity index (χ3v) is 4.28. The standard InChI is InChI=1S/C21H21F2N3O2/c1-26(16-5-3-2-4-6-16)12-11-24-20(27)9-10-21-25-14-19(28-21)17-8-7-15(22)13-18(17)23/h2-8,13-14H,9-12H2,1H3,(H,24,27). The number of carbonyl (C=O) groups is 1. The third-order valence-electron chi connectivity index (χ3n) is 4.28. The van der Waals surface area contributed by atoms with Gasteiger partial charge in [0, 0.05) is 44.7 Å². The van der Waals surface area contributed by atoms with Crippen LogP contribution in [0.4, 0.5) is 14.5 Å². The first-order valence-corrected chi connectivity index (χ1v) is 8.96. The van der Waals surface area contributed by atoms with Gasteiger partial charge in [-0.1, -0.05) is 18.2 Å². The Bertz CT molecular complexity index is 928. The van der Waals surface area contributed by atoms with Crippen LogP contribution in [0.1, 0.15) is 12.3 Å². The van der Waals surface area contributed by atoms with Crippen LogP contribution in [-0.2, 0) is 11.2 Å².